The molecular formula is C15H13F3N2S. The minimum atomic E-state index is -4.43. The number of nitriles is 1. The van der Waals surface area contributed by atoms with Crippen LogP contribution in [-0.4, -0.2) is 13.6 Å². The standard InChI is InChI=1S/C15H13F3N2S/c1-20(7-6-13-3-2-8-21-13)14-5-4-12(15(16,17)18)9-11(14)10-19/h2-5,8-9H,6-7H2,1H3. The number of alkyl halides is 3. The van der Waals surface area contributed by atoms with Crippen LogP contribution in [0.1, 0.15) is 16.0 Å². The topological polar surface area (TPSA) is 27.0 Å². The summed E-state index contributed by atoms with van der Waals surface area (Å²) in [5, 5.41) is 11.0. The van der Waals surface area contributed by atoms with Crippen LogP contribution in [0, 0.1) is 11.3 Å². The molecule has 0 spiro atoms. The molecule has 1 aromatic carbocycles. The molecule has 0 atom stereocenters. The van der Waals surface area contributed by atoms with Crippen molar-refractivity contribution in [2.45, 2.75) is 12.6 Å². The fourth-order valence-corrected chi connectivity index (χ4v) is 2.69. The molecule has 2 rings (SSSR count). The van der Waals surface area contributed by atoms with E-state index in [1.165, 1.54) is 10.9 Å². The molecule has 0 fully saturated rings. The van der Waals surface area contributed by atoms with E-state index in [1.807, 2.05) is 23.6 Å². The highest BCUT2D eigenvalue weighted by Gasteiger charge is 2.31. The van der Waals surface area contributed by atoms with Gasteiger partial charge in [-0.25, -0.2) is 0 Å². The van der Waals surface area contributed by atoms with E-state index in [1.54, 1.807) is 23.3 Å². The number of benzene rings is 1. The molecule has 0 amide bonds. The molecule has 1 heterocycles. The molecule has 0 aliphatic rings. The molecule has 2 aromatic rings. The van der Waals surface area contributed by atoms with E-state index >= 15 is 0 Å². The fourth-order valence-electron chi connectivity index (χ4n) is 1.99. The van der Waals surface area contributed by atoms with E-state index in [2.05, 4.69) is 0 Å². The average Bonchev–Trinajstić information content (AvgIpc) is 2.96. The number of rotatable bonds is 4. The van der Waals surface area contributed by atoms with Gasteiger partial charge in [0.15, 0.2) is 0 Å². The smallest absolute Gasteiger partial charge is 0.373 e. The molecule has 0 saturated heterocycles. The molecule has 110 valence electrons. The third-order valence-corrected chi connectivity index (χ3v) is 4.07. The number of hydrogen-bond acceptors (Lipinski definition) is 3. The van der Waals surface area contributed by atoms with E-state index in [0.717, 1.165) is 18.6 Å². The number of likely N-dealkylation sites (N-methyl/N-ethyl adjacent to an activating group) is 1. The second-order valence-corrected chi connectivity index (χ2v) is 5.62. The summed E-state index contributed by atoms with van der Waals surface area (Å²) in [5.41, 5.74) is -0.241. The second-order valence-electron chi connectivity index (χ2n) is 4.59. The first-order chi connectivity index (χ1) is 9.91. The summed E-state index contributed by atoms with van der Waals surface area (Å²) < 4.78 is 37.9. The molecule has 1 aromatic heterocycles. The first-order valence-corrected chi connectivity index (χ1v) is 7.14. The van der Waals surface area contributed by atoms with E-state index in [9.17, 15) is 13.2 Å². The predicted octanol–water partition coefficient (Wildman–Crippen LogP) is 4.32. The van der Waals surface area contributed by atoms with Gasteiger partial charge in [-0.05, 0) is 36.1 Å². The fraction of sp³-hybridized carbons (Fsp3) is 0.267. The van der Waals surface area contributed by atoms with Gasteiger partial charge < -0.3 is 4.90 Å². The largest absolute Gasteiger partial charge is 0.416 e. The lowest BCUT2D eigenvalue weighted by Crippen LogP contribution is -2.21. The Morgan fingerprint density at radius 3 is 2.62 bits per heavy atom. The van der Waals surface area contributed by atoms with Crippen molar-refractivity contribution in [3.05, 3.63) is 51.7 Å². The molecule has 0 unspecified atom stereocenters. The van der Waals surface area contributed by atoms with Gasteiger partial charge in [-0.3, -0.25) is 0 Å². The SMILES string of the molecule is CN(CCc1cccs1)c1ccc(C(F)(F)F)cc1C#N. The highest BCUT2D eigenvalue weighted by molar-refractivity contribution is 7.09. The zero-order valence-electron chi connectivity index (χ0n) is 11.3. The molecule has 0 radical (unpaired) electrons. The first-order valence-electron chi connectivity index (χ1n) is 6.26. The average molecular weight is 310 g/mol. The Bertz CT molecular complexity index is 642. The third-order valence-electron chi connectivity index (χ3n) is 3.13. The highest BCUT2D eigenvalue weighted by Crippen LogP contribution is 2.32. The van der Waals surface area contributed by atoms with Crippen LogP contribution in [-0.2, 0) is 12.6 Å². The summed E-state index contributed by atoms with van der Waals surface area (Å²) in [7, 11) is 1.77. The molecule has 0 aliphatic heterocycles. The van der Waals surface area contributed by atoms with Crippen molar-refractivity contribution >= 4 is 17.0 Å². The van der Waals surface area contributed by atoms with Crippen LogP contribution in [0.2, 0.25) is 0 Å². The van der Waals surface area contributed by atoms with Gasteiger partial charge in [-0.15, -0.1) is 11.3 Å². The van der Waals surface area contributed by atoms with Gasteiger partial charge in [-0.2, -0.15) is 18.4 Å². The lowest BCUT2D eigenvalue weighted by atomic mass is 10.1. The van der Waals surface area contributed by atoms with Crippen LogP contribution in [0.3, 0.4) is 0 Å². The van der Waals surface area contributed by atoms with Crippen molar-refractivity contribution in [1.29, 1.82) is 5.26 Å². The third kappa shape index (κ3) is 3.76. The van der Waals surface area contributed by atoms with Crippen LogP contribution >= 0.6 is 11.3 Å². The Balaban J connectivity index is 2.17. The second kappa shape index (κ2) is 6.19. The number of nitrogens with zero attached hydrogens (tertiary/aromatic N) is 2. The van der Waals surface area contributed by atoms with Gasteiger partial charge in [0.1, 0.15) is 6.07 Å². The maximum absolute atomic E-state index is 12.6. The summed E-state index contributed by atoms with van der Waals surface area (Å²) in [6.07, 6.45) is -3.64. The van der Waals surface area contributed by atoms with Gasteiger partial charge in [0.25, 0.3) is 0 Å². The maximum atomic E-state index is 12.6. The molecule has 21 heavy (non-hydrogen) atoms. The zero-order valence-corrected chi connectivity index (χ0v) is 12.1. The van der Waals surface area contributed by atoms with Crippen LogP contribution in [0.25, 0.3) is 0 Å². The van der Waals surface area contributed by atoms with Gasteiger partial charge >= 0.3 is 6.18 Å². The molecular weight excluding hydrogens is 297 g/mol. The molecule has 2 nitrogen and oxygen atoms in total. The van der Waals surface area contributed by atoms with Crippen molar-refractivity contribution in [3.8, 4) is 6.07 Å². The minimum absolute atomic E-state index is 0.0403. The van der Waals surface area contributed by atoms with Crippen molar-refractivity contribution in [3.63, 3.8) is 0 Å². The van der Waals surface area contributed by atoms with Crippen molar-refractivity contribution in [2.24, 2.45) is 0 Å². The number of thiophene rings is 1. The summed E-state index contributed by atoms with van der Waals surface area (Å²) in [6, 6.07) is 9.08. The van der Waals surface area contributed by atoms with E-state index in [-0.39, 0.29) is 5.56 Å². The lowest BCUT2D eigenvalue weighted by molar-refractivity contribution is -0.137. The highest BCUT2D eigenvalue weighted by atomic mass is 32.1. The van der Waals surface area contributed by atoms with Crippen LogP contribution in [0.5, 0.6) is 0 Å². The first kappa shape index (κ1) is 15.4. The minimum Gasteiger partial charge on any atom is -0.373 e. The van der Waals surface area contributed by atoms with Crippen molar-refractivity contribution in [1.82, 2.24) is 0 Å². The van der Waals surface area contributed by atoms with Gasteiger partial charge in [-0.1, -0.05) is 6.07 Å². The monoisotopic (exact) mass is 310 g/mol. The van der Waals surface area contributed by atoms with Crippen LogP contribution in [0.15, 0.2) is 35.7 Å². The van der Waals surface area contributed by atoms with E-state index in [0.29, 0.717) is 12.2 Å². The Hall–Kier alpha value is -2.00. The molecule has 0 N–H and O–H groups in total. The van der Waals surface area contributed by atoms with Gasteiger partial charge in [0.05, 0.1) is 16.8 Å². The Labute approximate surface area is 125 Å². The number of hydrogen-bond donors (Lipinski definition) is 0. The Morgan fingerprint density at radius 1 is 1.29 bits per heavy atom. The lowest BCUT2D eigenvalue weighted by Gasteiger charge is -2.21. The van der Waals surface area contributed by atoms with E-state index in [4.69, 9.17) is 5.26 Å². The molecule has 0 aliphatic carbocycles. The van der Waals surface area contributed by atoms with Gasteiger partial charge in [0.2, 0.25) is 0 Å². The Kier molecular flexibility index (Phi) is 4.53. The summed E-state index contributed by atoms with van der Waals surface area (Å²) in [4.78, 5) is 3.01. The molecule has 0 saturated carbocycles. The quantitative estimate of drug-likeness (QED) is 0.841. The van der Waals surface area contributed by atoms with E-state index < -0.39 is 11.7 Å². The van der Waals surface area contributed by atoms with Crippen LogP contribution in [0.4, 0.5) is 18.9 Å². The van der Waals surface area contributed by atoms with Crippen molar-refractivity contribution in [2.75, 3.05) is 18.5 Å². The van der Waals surface area contributed by atoms with Crippen molar-refractivity contribution < 1.29 is 13.2 Å². The number of anilines is 1. The zero-order chi connectivity index (χ0) is 15.5. The normalized spacial score (nSPS) is 11.2. The predicted molar refractivity (Wildman–Crippen MR) is 77.5 cm³/mol. The summed E-state index contributed by atoms with van der Waals surface area (Å²) >= 11 is 1.64. The Morgan fingerprint density at radius 2 is 2.05 bits per heavy atom. The number of halogens is 3. The summed E-state index contributed by atoms with van der Waals surface area (Å²) in [5.74, 6) is 0. The maximum Gasteiger partial charge on any atom is 0.416 e. The van der Waals surface area contributed by atoms with Gasteiger partial charge in [0, 0.05) is 18.5 Å². The summed E-state index contributed by atoms with van der Waals surface area (Å²) in [6.45, 7) is 0.639. The molecule has 0 bridgehead atoms. The molecule has 6 heteroatoms. The van der Waals surface area contributed by atoms with Crippen LogP contribution < -0.4 is 4.90 Å².